The summed E-state index contributed by atoms with van der Waals surface area (Å²) in [5, 5.41) is 8.98. The van der Waals surface area contributed by atoms with E-state index in [-0.39, 0.29) is 17.8 Å². The summed E-state index contributed by atoms with van der Waals surface area (Å²) >= 11 is 0. The van der Waals surface area contributed by atoms with Gasteiger partial charge in [-0.3, -0.25) is 4.79 Å². The summed E-state index contributed by atoms with van der Waals surface area (Å²) in [6, 6.07) is 4.45. The van der Waals surface area contributed by atoms with Crippen LogP contribution < -0.4 is 4.74 Å². The second-order valence-corrected chi connectivity index (χ2v) is 5.99. The molecule has 1 atom stereocenters. The molecule has 0 amide bonds. The van der Waals surface area contributed by atoms with E-state index in [1.54, 1.807) is 6.07 Å². The average Bonchev–Trinajstić information content (AvgIpc) is 2.37. The SMILES string of the molecule is CC(C)=CCCC1(C)CC(=O)c2cc(C(=O)O)ccc2O1. The van der Waals surface area contributed by atoms with Crippen LogP contribution in [-0.4, -0.2) is 22.5 Å². The fourth-order valence-electron chi connectivity index (χ4n) is 2.51. The number of benzene rings is 1. The Balaban J connectivity index is 2.22. The number of rotatable bonds is 4. The van der Waals surface area contributed by atoms with Gasteiger partial charge in [-0.2, -0.15) is 0 Å². The smallest absolute Gasteiger partial charge is 0.335 e. The van der Waals surface area contributed by atoms with Gasteiger partial charge >= 0.3 is 5.97 Å². The highest BCUT2D eigenvalue weighted by Gasteiger charge is 2.36. The zero-order valence-electron chi connectivity index (χ0n) is 12.6. The maximum atomic E-state index is 12.3. The van der Waals surface area contributed by atoms with Gasteiger partial charge in [-0.25, -0.2) is 4.79 Å². The molecule has 4 heteroatoms. The van der Waals surface area contributed by atoms with Crippen LogP contribution in [0.2, 0.25) is 0 Å². The number of fused-ring (bicyclic) bond motifs is 1. The van der Waals surface area contributed by atoms with Crippen molar-refractivity contribution in [2.24, 2.45) is 0 Å². The maximum absolute atomic E-state index is 12.3. The Morgan fingerprint density at radius 1 is 1.43 bits per heavy atom. The van der Waals surface area contributed by atoms with E-state index in [0.717, 1.165) is 12.8 Å². The van der Waals surface area contributed by atoms with E-state index in [1.807, 2.05) is 20.8 Å². The van der Waals surface area contributed by atoms with Gasteiger partial charge in [0.15, 0.2) is 5.78 Å². The summed E-state index contributed by atoms with van der Waals surface area (Å²) in [6.45, 7) is 6.01. The van der Waals surface area contributed by atoms with Gasteiger partial charge in [0.05, 0.1) is 17.5 Å². The second-order valence-electron chi connectivity index (χ2n) is 5.99. The van der Waals surface area contributed by atoms with Crippen molar-refractivity contribution in [3.05, 3.63) is 41.0 Å². The van der Waals surface area contributed by atoms with E-state index in [1.165, 1.54) is 17.7 Å². The molecule has 21 heavy (non-hydrogen) atoms. The lowest BCUT2D eigenvalue weighted by Gasteiger charge is -2.35. The van der Waals surface area contributed by atoms with Gasteiger partial charge < -0.3 is 9.84 Å². The largest absolute Gasteiger partial charge is 0.486 e. The van der Waals surface area contributed by atoms with Gasteiger partial charge in [-0.1, -0.05) is 11.6 Å². The maximum Gasteiger partial charge on any atom is 0.335 e. The van der Waals surface area contributed by atoms with E-state index in [2.05, 4.69) is 6.08 Å². The minimum absolute atomic E-state index is 0.0564. The molecular weight excluding hydrogens is 268 g/mol. The first-order chi connectivity index (χ1) is 9.81. The van der Waals surface area contributed by atoms with Gasteiger partial charge in [-0.05, 0) is 51.8 Å². The fraction of sp³-hybridized carbons (Fsp3) is 0.412. The van der Waals surface area contributed by atoms with Crippen LogP contribution in [0.15, 0.2) is 29.8 Å². The minimum Gasteiger partial charge on any atom is -0.486 e. The van der Waals surface area contributed by atoms with Crippen LogP contribution in [0.4, 0.5) is 0 Å². The molecule has 0 radical (unpaired) electrons. The number of carbonyl (C=O) groups excluding carboxylic acids is 1. The number of ether oxygens (including phenoxy) is 1. The van der Waals surface area contributed by atoms with E-state index in [0.29, 0.717) is 11.3 Å². The fourth-order valence-corrected chi connectivity index (χ4v) is 2.51. The first-order valence-electron chi connectivity index (χ1n) is 7.04. The molecular formula is C17H20O4. The highest BCUT2D eigenvalue weighted by Crippen LogP contribution is 2.36. The van der Waals surface area contributed by atoms with Crippen molar-refractivity contribution >= 4 is 11.8 Å². The molecule has 1 unspecified atom stereocenters. The normalized spacial score (nSPS) is 20.4. The third-order valence-electron chi connectivity index (χ3n) is 3.64. The number of Topliss-reactive ketones (excluding diaryl/α,β-unsaturated/α-hetero) is 1. The lowest BCUT2D eigenvalue weighted by Crippen LogP contribution is -2.39. The van der Waals surface area contributed by atoms with Crippen LogP contribution in [-0.2, 0) is 0 Å². The van der Waals surface area contributed by atoms with Crippen molar-refractivity contribution in [2.75, 3.05) is 0 Å². The third-order valence-corrected chi connectivity index (χ3v) is 3.64. The molecule has 1 aromatic carbocycles. The number of ketones is 1. The summed E-state index contributed by atoms with van der Waals surface area (Å²) in [4.78, 5) is 23.3. The standard InChI is InChI=1S/C17H20O4/c1-11(2)5-4-8-17(3)10-14(18)13-9-12(16(19)20)6-7-15(13)21-17/h5-7,9H,4,8,10H2,1-3H3,(H,19,20). The summed E-state index contributed by atoms with van der Waals surface area (Å²) in [7, 11) is 0. The number of hydrogen-bond acceptors (Lipinski definition) is 3. The Morgan fingerprint density at radius 2 is 2.14 bits per heavy atom. The van der Waals surface area contributed by atoms with Crippen molar-refractivity contribution in [3.8, 4) is 5.75 Å². The third kappa shape index (κ3) is 3.51. The first-order valence-corrected chi connectivity index (χ1v) is 7.04. The number of allylic oxidation sites excluding steroid dienone is 2. The first kappa shape index (κ1) is 15.3. The number of aromatic carboxylic acids is 1. The number of carbonyl (C=O) groups is 2. The quantitative estimate of drug-likeness (QED) is 0.855. The van der Waals surface area contributed by atoms with Gasteiger partial charge in [0.1, 0.15) is 11.4 Å². The Morgan fingerprint density at radius 3 is 2.76 bits per heavy atom. The van der Waals surface area contributed by atoms with Gasteiger partial charge in [0.25, 0.3) is 0 Å². The number of carboxylic acid groups (broad SMARTS) is 1. The molecule has 1 aliphatic rings. The van der Waals surface area contributed by atoms with E-state index >= 15 is 0 Å². The zero-order chi connectivity index (χ0) is 15.6. The zero-order valence-corrected chi connectivity index (χ0v) is 12.6. The van der Waals surface area contributed by atoms with E-state index in [4.69, 9.17) is 9.84 Å². The number of hydrogen-bond donors (Lipinski definition) is 1. The van der Waals surface area contributed by atoms with Gasteiger partial charge in [-0.15, -0.1) is 0 Å². The molecule has 1 aromatic rings. The Hall–Kier alpha value is -2.10. The summed E-state index contributed by atoms with van der Waals surface area (Å²) in [6.07, 6.45) is 4.01. The predicted octanol–water partition coefficient (Wildman–Crippen LogP) is 3.86. The molecule has 1 heterocycles. The highest BCUT2D eigenvalue weighted by atomic mass is 16.5. The van der Waals surface area contributed by atoms with Crippen molar-refractivity contribution in [1.29, 1.82) is 0 Å². The Kier molecular flexibility index (Phi) is 4.16. The van der Waals surface area contributed by atoms with Crippen molar-refractivity contribution < 1.29 is 19.4 Å². The van der Waals surface area contributed by atoms with Gasteiger partial charge in [0.2, 0.25) is 0 Å². The van der Waals surface area contributed by atoms with Crippen molar-refractivity contribution in [2.45, 2.75) is 45.6 Å². The van der Waals surface area contributed by atoms with Crippen LogP contribution >= 0.6 is 0 Å². The van der Waals surface area contributed by atoms with Crippen LogP contribution in [0.3, 0.4) is 0 Å². The molecule has 0 aliphatic carbocycles. The molecule has 2 rings (SSSR count). The van der Waals surface area contributed by atoms with Crippen molar-refractivity contribution in [1.82, 2.24) is 0 Å². The van der Waals surface area contributed by atoms with E-state index < -0.39 is 11.6 Å². The van der Waals surface area contributed by atoms with Crippen LogP contribution in [0.1, 0.15) is 60.7 Å². The summed E-state index contributed by atoms with van der Waals surface area (Å²) in [5.74, 6) is -0.613. The minimum atomic E-state index is -1.04. The lowest BCUT2D eigenvalue weighted by molar-refractivity contribution is 0.0475. The molecule has 4 nitrogen and oxygen atoms in total. The molecule has 0 spiro atoms. The Labute approximate surface area is 124 Å². The van der Waals surface area contributed by atoms with E-state index in [9.17, 15) is 9.59 Å². The van der Waals surface area contributed by atoms with Crippen LogP contribution in [0.5, 0.6) is 5.75 Å². The topological polar surface area (TPSA) is 63.6 Å². The molecule has 112 valence electrons. The molecule has 0 saturated carbocycles. The molecule has 0 bridgehead atoms. The average molecular weight is 288 g/mol. The lowest BCUT2D eigenvalue weighted by atomic mass is 9.87. The van der Waals surface area contributed by atoms with Crippen molar-refractivity contribution in [3.63, 3.8) is 0 Å². The van der Waals surface area contributed by atoms with Gasteiger partial charge in [0, 0.05) is 0 Å². The summed E-state index contributed by atoms with van der Waals surface area (Å²) in [5.41, 5.74) is 1.20. The number of carboxylic acids is 1. The molecule has 1 N–H and O–H groups in total. The van der Waals surface area contributed by atoms with Crippen LogP contribution in [0.25, 0.3) is 0 Å². The molecule has 0 fully saturated rings. The Bertz CT molecular complexity index is 611. The monoisotopic (exact) mass is 288 g/mol. The predicted molar refractivity (Wildman–Crippen MR) is 80.0 cm³/mol. The van der Waals surface area contributed by atoms with Crippen LogP contribution in [0, 0.1) is 0 Å². The summed E-state index contributed by atoms with van der Waals surface area (Å²) < 4.78 is 5.96. The molecule has 0 aromatic heterocycles. The second kappa shape index (κ2) is 5.72. The molecule has 1 aliphatic heterocycles. The highest BCUT2D eigenvalue weighted by molar-refractivity contribution is 6.02. The molecule has 0 saturated heterocycles.